The van der Waals surface area contributed by atoms with Gasteiger partial charge in [-0.2, -0.15) is 5.10 Å². The molecule has 1 fully saturated rings. The predicted octanol–water partition coefficient (Wildman–Crippen LogP) is 3.24. The predicted molar refractivity (Wildman–Crippen MR) is 140 cm³/mol. The maximum absolute atomic E-state index is 15.1. The molecular weight excluding hydrogens is 477 g/mol. The second-order valence-electron chi connectivity index (χ2n) is 9.61. The molecule has 204 valence electrons. The minimum Gasteiger partial charge on any atom is -0.383 e. The molecule has 37 heavy (non-hydrogen) atoms. The highest BCUT2D eigenvalue weighted by Gasteiger charge is 2.32. The number of halogens is 1. The molecule has 1 saturated carbocycles. The van der Waals surface area contributed by atoms with Crippen molar-refractivity contribution in [1.82, 2.24) is 20.4 Å². The Morgan fingerprint density at radius 1 is 1.19 bits per heavy atom. The van der Waals surface area contributed by atoms with Crippen molar-refractivity contribution in [1.29, 1.82) is 0 Å². The van der Waals surface area contributed by atoms with E-state index < -0.39 is 18.1 Å². The van der Waals surface area contributed by atoms with Crippen LogP contribution in [-0.2, 0) is 22.5 Å². The fourth-order valence-electron chi connectivity index (χ4n) is 4.97. The largest absolute Gasteiger partial charge is 0.383 e. The van der Waals surface area contributed by atoms with E-state index in [2.05, 4.69) is 21.0 Å². The zero-order valence-corrected chi connectivity index (χ0v) is 22.0. The van der Waals surface area contributed by atoms with Crippen molar-refractivity contribution in [3.8, 4) is 0 Å². The monoisotopic (exact) mass is 517 g/mol. The molecule has 0 spiro atoms. The molecule has 10 heteroatoms. The number of carbonyl (C=O) groups is 2. The van der Waals surface area contributed by atoms with E-state index in [0.717, 1.165) is 32.1 Å². The first-order valence-electron chi connectivity index (χ1n) is 13.2. The summed E-state index contributed by atoms with van der Waals surface area (Å²) in [6, 6.07) is 5.50. The Bertz CT molecular complexity index is 1020. The number of rotatable bonds is 13. The first-order valence-corrected chi connectivity index (χ1v) is 13.2. The molecule has 1 heterocycles. The number of amides is 2. The highest BCUT2D eigenvalue weighted by molar-refractivity contribution is 5.92. The van der Waals surface area contributed by atoms with Crippen LogP contribution < -0.4 is 16.0 Å². The highest BCUT2D eigenvalue weighted by atomic mass is 19.1. The van der Waals surface area contributed by atoms with Crippen LogP contribution in [0.2, 0.25) is 0 Å². The number of aliphatic hydroxyl groups excluding tert-OH is 1. The Balaban J connectivity index is 1.72. The fraction of sp³-hybridized carbons (Fsp3) is 0.593. The van der Waals surface area contributed by atoms with Gasteiger partial charge in [-0.05, 0) is 55.9 Å². The van der Waals surface area contributed by atoms with E-state index in [1.807, 2.05) is 6.92 Å². The molecule has 0 aliphatic heterocycles. The SMILES string of the molecule is CCC(=O)N[C@@H](COC)Cc1ccc(NC(O)[C@@H](NC(=O)c2ccnn2CC)C2CCCCC2)c(F)c1. The van der Waals surface area contributed by atoms with Crippen molar-refractivity contribution in [2.75, 3.05) is 19.0 Å². The second-order valence-corrected chi connectivity index (χ2v) is 9.61. The van der Waals surface area contributed by atoms with Gasteiger partial charge in [0.05, 0.1) is 24.4 Å². The number of hydrogen-bond donors (Lipinski definition) is 4. The quantitative estimate of drug-likeness (QED) is 0.303. The molecule has 0 bridgehead atoms. The van der Waals surface area contributed by atoms with Crippen LogP contribution >= 0.6 is 0 Å². The van der Waals surface area contributed by atoms with E-state index in [0.29, 0.717) is 37.3 Å². The summed E-state index contributed by atoms with van der Waals surface area (Å²) in [6.45, 7) is 4.54. The van der Waals surface area contributed by atoms with Crippen molar-refractivity contribution < 1.29 is 23.8 Å². The van der Waals surface area contributed by atoms with Gasteiger partial charge in [0.1, 0.15) is 17.7 Å². The molecule has 1 unspecified atom stereocenters. The van der Waals surface area contributed by atoms with E-state index in [1.54, 1.807) is 43.1 Å². The highest BCUT2D eigenvalue weighted by Crippen LogP contribution is 2.29. The zero-order valence-electron chi connectivity index (χ0n) is 22.0. The minimum atomic E-state index is -1.18. The summed E-state index contributed by atoms with van der Waals surface area (Å²) in [6.07, 6.45) is 6.08. The lowest BCUT2D eigenvalue weighted by atomic mass is 9.83. The molecule has 0 saturated heterocycles. The van der Waals surface area contributed by atoms with Gasteiger partial charge in [-0.25, -0.2) is 4.39 Å². The number of aryl methyl sites for hydroxylation is 1. The van der Waals surface area contributed by atoms with Crippen LogP contribution in [0.4, 0.5) is 10.1 Å². The van der Waals surface area contributed by atoms with Crippen molar-refractivity contribution >= 4 is 17.5 Å². The van der Waals surface area contributed by atoms with Crippen LogP contribution in [0, 0.1) is 11.7 Å². The average molecular weight is 518 g/mol. The van der Waals surface area contributed by atoms with Crippen molar-refractivity contribution in [3.05, 3.63) is 47.5 Å². The zero-order chi connectivity index (χ0) is 26.8. The lowest BCUT2D eigenvalue weighted by Crippen LogP contribution is -2.52. The summed E-state index contributed by atoms with van der Waals surface area (Å²) in [5, 5.41) is 24.1. The number of carbonyl (C=O) groups excluding carboxylic acids is 2. The van der Waals surface area contributed by atoms with E-state index in [1.165, 1.54) is 6.07 Å². The Morgan fingerprint density at radius 2 is 1.95 bits per heavy atom. The summed E-state index contributed by atoms with van der Waals surface area (Å²) >= 11 is 0. The molecular formula is C27H40FN5O4. The number of anilines is 1. The number of ether oxygens (including phenoxy) is 1. The Hall–Kier alpha value is -2.98. The van der Waals surface area contributed by atoms with Gasteiger partial charge in [-0.15, -0.1) is 0 Å². The summed E-state index contributed by atoms with van der Waals surface area (Å²) in [7, 11) is 1.55. The summed E-state index contributed by atoms with van der Waals surface area (Å²) in [4.78, 5) is 24.8. The molecule has 3 rings (SSSR count). The molecule has 2 amide bonds. The Morgan fingerprint density at radius 3 is 2.59 bits per heavy atom. The van der Waals surface area contributed by atoms with Crippen molar-refractivity contribution in [3.63, 3.8) is 0 Å². The normalized spacial score (nSPS) is 16.6. The molecule has 3 atom stereocenters. The first-order chi connectivity index (χ1) is 17.9. The van der Waals surface area contributed by atoms with Gasteiger partial charge in [0.25, 0.3) is 5.91 Å². The van der Waals surface area contributed by atoms with Crippen LogP contribution in [0.25, 0.3) is 0 Å². The van der Waals surface area contributed by atoms with Crippen molar-refractivity contribution in [2.24, 2.45) is 5.92 Å². The van der Waals surface area contributed by atoms with Crippen LogP contribution in [0.5, 0.6) is 0 Å². The van der Waals surface area contributed by atoms with Gasteiger partial charge in [0, 0.05) is 26.3 Å². The van der Waals surface area contributed by atoms with Crippen LogP contribution in [0.1, 0.15) is 68.4 Å². The summed E-state index contributed by atoms with van der Waals surface area (Å²) in [5.41, 5.74) is 1.26. The van der Waals surface area contributed by atoms with Crippen LogP contribution in [-0.4, -0.2) is 58.7 Å². The fourth-order valence-corrected chi connectivity index (χ4v) is 4.97. The van der Waals surface area contributed by atoms with Gasteiger partial charge in [0.2, 0.25) is 5.91 Å². The number of nitrogens with zero attached hydrogens (tertiary/aromatic N) is 2. The lowest BCUT2D eigenvalue weighted by molar-refractivity contribution is -0.121. The van der Waals surface area contributed by atoms with Gasteiger partial charge < -0.3 is 25.8 Å². The third kappa shape index (κ3) is 8.00. The van der Waals surface area contributed by atoms with Crippen LogP contribution in [0.3, 0.4) is 0 Å². The summed E-state index contributed by atoms with van der Waals surface area (Å²) < 4.78 is 21.9. The number of nitrogens with one attached hydrogen (secondary N) is 3. The lowest BCUT2D eigenvalue weighted by Gasteiger charge is -2.34. The van der Waals surface area contributed by atoms with E-state index >= 15 is 4.39 Å². The van der Waals surface area contributed by atoms with E-state index in [9.17, 15) is 14.7 Å². The molecule has 1 aliphatic carbocycles. The third-order valence-electron chi connectivity index (χ3n) is 6.92. The smallest absolute Gasteiger partial charge is 0.269 e. The topological polar surface area (TPSA) is 118 Å². The number of hydrogen-bond acceptors (Lipinski definition) is 6. The second kappa shape index (κ2) is 14.1. The average Bonchev–Trinajstić information content (AvgIpc) is 3.38. The minimum absolute atomic E-state index is 0.0671. The Kier molecular flexibility index (Phi) is 10.9. The molecule has 1 aliphatic rings. The number of benzene rings is 1. The maximum Gasteiger partial charge on any atom is 0.269 e. The number of methoxy groups -OCH3 is 1. The van der Waals surface area contributed by atoms with Gasteiger partial charge in [0.15, 0.2) is 0 Å². The van der Waals surface area contributed by atoms with E-state index in [-0.39, 0.29) is 29.5 Å². The van der Waals surface area contributed by atoms with Crippen LogP contribution in [0.15, 0.2) is 30.5 Å². The molecule has 2 aromatic rings. The standard InChI is InChI=1S/C27H40FN5O4/c1-4-24(34)30-20(17-37-3)15-18-11-12-22(21(28)16-18)31-27(36)25(19-9-7-6-8-10-19)32-26(35)23-13-14-29-33(23)5-2/h11-14,16,19-20,25,27,31,36H,4-10,15,17H2,1-3H3,(H,30,34)(H,32,35)/t20-,25+,27?/m1/s1. The van der Waals surface area contributed by atoms with E-state index in [4.69, 9.17) is 4.74 Å². The third-order valence-corrected chi connectivity index (χ3v) is 6.92. The van der Waals surface area contributed by atoms with Gasteiger partial charge >= 0.3 is 0 Å². The molecule has 0 radical (unpaired) electrons. The molecule has 1 aromatic heterocycles. The maximum atomic E-state index is 15.1. The number of aromatic nitrogens is 2. The Labute approximate surface area is 218 Å². The first kappa shape index (κ1) is 28.6. The summed E-state index contributed by atoms with van der Waals surface area (Å²) in [5.74, 6) is -0.864. The van der Waals surface area contributed by atoms with Gasteiger partial charge in [-0.1, -0.05) is 32.3 Å². The van der Waals surface area contributed by atoms with Gasteiger partial charge in [-0.3, -0.25) is 14.3 Å². The molecule has 4 N–H and O–H groups in total. The number of aliphatic hydroxyl groups is 1. The van der Waals surface area contributed by atoms with Crippen molar-refractivity contribution in [2.45, 2.75) is 83.6 Å². The molecule has 9 nitrogen and oxygen atoms in total. The molecule has 1 aromatic carbocycles.